The average Bonchev–Trinajstić information content (AvgIpc) is 2.99. The molecule has 19 heavy (non-hydrogen) atoms. The number of nitrogens with zero attached hydrogens (tertiary/aromatic N) is 1. The predicted octanol–water partition coefficient (Wildman–Crippen LogP) is 2.93. The zero-order valence-corrected chi connectivity index (χ0v) is 11.9. The number of benzene rings is 1. The highest BCUT2D eigenvalue weighted by Crippen LogP contribution is 2.54. The highest BCUT2D eigenvalue weighted by Gasteiger charge is 2.48. The topological polar surface area (TPSA) is 46.3 Å². The van der Waals surface area contributed by atoms with Crippen LogP contribution >= 0.6 is 11.6 Å². The molecule has 3 rings (SSSR count). The summed E-state index contributed by atoms with van der Waals surface area (Å²) in [7, 11) is 1.85. The normalized spacial score (nSPS) is 28.0. The average molecular weight is 279 g/mol. The van der Waals surface area contributed by atoms with Gasteiger partial charge in [-0.3, -0.25) is 4.79 Å². The third-order valence-electron chi connectivity index (χ3n) is 4.45. The van der Waals surface area contributed by atoms with Crippen molar-refractivity contribution in [2.24, 2.45) is 17.8 Å². The van der Waals surface area contributed by atoms with Gasteiger partial charge in [0.2, 0.25) is 5.91 Å². The van der Waals surface area contributed by atoms with E-state index in [-0.39, 0.29) is 11.8 Å². The van der Waals surface area contributed by atoms with E-state index in [4.69, 9.17) is 17.3 Å². The van der Waals surface area contributed by atoms with Crippen molar-refractivity contribution in [2.75, 3.05) is 12.8 Å². The Labute approximate surface area is 118 Å². The third-order valence-corrected chi connectivity index (χ3v) is 4.82. The highest BCUT2D eigenvalue weighted by molar-refractivity contribution is 6.31. The molecule has 2 saturated carbocycles. The van der Waals surface area contributed by atoms with Crippen LogP contribution in [0.1, 0.15) is 24.8 Å². The van der Waals surface area contributed by atoms with E-state index in [1.165, 1.54) is 6.42 Å². The second-order valence-electron chi connectivity index (χ2n) is 5.97. The van der Waals surface area contributed by atoms with Crippen molar-refractivity contribution in [3.8, 4) is 0 Å². The number of rotatable bonds is 3. The molecule has 4 heteroatoms. The van der Waals surface area contributed by atoms with E-state index in [0.29, 0.717) is 17.3 Å². The molecule has 2 fully saturated rings. The highest BCUT2D eigenvalue weighted by atomic mass is 35.5. The number of amides is 1. The standard InChI is InChI=1S/C15H19ClN2O/c1-18(8-12-7-13(17)2-3-14(12)16)15(19)11-5-9-4-10(9)6-11/h2-3,7,9-11H,4-6,8,17H2,1H3. The van der Waals surface area contributed by atoms with Crippen molar-refractivity contribution in [1.29, 1.82) is 0 Å². The molecule has 2 aliphatic carbocycles. The summed E-state index contributed by atoms with van der Waals surface area (Å²) >= 11 is 6.14. The summed E-state index contributed by atoms with van der Waals surface area (Å²) in [6.07, 6.45) is 3.51. The quantitative estimate of drug-likeness (QED) is 0.864. The fraction of sp³-hybridized carbons (Fsp3) is 0.533. The first-order valence-corrected chi connectivity index (χ1v) is 7.21. The van der Waals surface area contributed by atoms with Gasteiger partial charge in [-0.05, 0) is 54.9 Å². The fourth-order valence-corrected chi connectivity index (χ4v) is 3.45. The Morgan fingerprint density at radius 1 is 1.37 bits per heavy atom. The maximum absolute atomic E-state index is 12.4. The first-order chi connectivity index (χ1) is 9.04. The summed E-state index contributed by atoms with van der Waals surface area (Å²) in [5, 5.41) is 0.670. The lowest BCUT2D eigenvalue weighted by molar-refractivity contribution is -0.134. The molecule has 2 N–H and O–H groups in total. The molecule has 0 heterocycles. The molecule has 1 aromatic carbocycles. The number of hydrogen-bond acceptors (Lipinski definition) is 2. The molecule has 0 saturated heterocycles. The first-order valence-electron chi connectivity index (χ1n) is 6.83. The molecule has 0 spiro atoms. The van der Waals surface area contributed by atoms with Gasteiger partial charge >= 0.3 is 0 Å². The fourth-order valence-electron chi connectivity index (χ4n) is 3.28. The number of carbonyl (C=O) groups excluding carboxylic acids is 1. The molecular weight excluding hydrogens is 260 g/mol. The van der Waals surface area contributed by atoms with Crippen molar-refractivity contribution in [1.82, 2.24) is 4.90 Å². The van der Waals surface area contributed by atoms with Gasteiger partial charge in [-0.1, -0.05) is 11.6 Å². The molecule has 0 radical (unpaired) electrons. The summed E-state index contributed by atoms with van der Waals surface area (Å²) in [4.78, 5) is 14.2. The largest absolute Gasteiger partial charge is 0.399 e. The molecule has 1 aromatic rings. The van der Waals surface area contributed by atoms with Gasteiger partial charge in [-0.2, -0.15) is 0 Å². The van der Waals surface area contributed by atoms with Gasteiger partial charge in [-0.25, -0.2) is 0 Å². The monoisotopic (exact) mass is 278 g/mol. The molecule has 2 unspecified atom stereocenters. The van der Waals surface area contributed by atoms with Gasteiger partial charge in [0.05, 0.1) is 0 Å². The number of nitrogen functional groups attached to an aromatic ring is 1. The van der Waals surface area contributed by atoms with Crippen LogP contribution in [0.5, 0.6) is 0 Å². The van der Waals surface area contributed by atoms with Gasteiger partial charge < -0.3 is 10.6 Å². The lowest BCUT2D eigenvalue weighted by Crippen LogP contribution is -2.32. The van der Waals surface area contributed by atoms with Gasteiger partial charge in [0.25, 0.3) is 0 Å². The van der Waals surface area contributed by atoms with E-state index in [1.807, 2.05) is 13.1 Å². The third kappa shape index (κ3) is 2.57. The number of anilines is 1. The lowest BCUT2D eigenvalue weighted by atomic mass is 10.0. The Balaban J connectivity index is 1.65. The molecular formula is C15H19ClN2O. The summed E-state index contributed by atoms with van der Waals surface area (Å²) in [5.41, 5.74) is 7.36. The Kier molecular flexibility index (Phi) is 3.17. The van der Waals surface area contributed by atoms with Crippen LogP contribution < -0.4 is 5.73 Å². The number of hydrogen-bond donors (Lipinski definition) is 1. The SMILES string of the molecule is CN(Cc1cc(N)ccc1Cl)C(=O)C1CC2CC2C1. The second kappa shape index (κ2) is 4.71. The summed E-state index contributed by atoms with van der Waals surface area (Å²) in [6, 6.07) is 5.41. The van der Waals surface area contributed by atoms with Crippen molar-refractivity contribution in [3.05, 3.63) is 28.8 Å². The molecule has 1 amide bonds. The minimum atomic E-state index is 0.230. The van der Waals surface area contributed by atoms with Crippen LogP contribution in [0.25, 0.3) is 0 Å². The molecule has 2 aliphatic rings. The van der Waals surface area contributed by atoms with Crippen molar-refractivity contribution < 1.29 is 4.79 Å². The molecule has 102 valence electrons. The predicted molar refractivity (Wildman–Crippen MR) is 76.7 cm³/mol. The van der Waals surface area contributed by atoms with E-state index >= 15 is 0 Å². The van der Waals surface area contributed by atoms with Crippen molar-refractivity contribution in [3.63, 3.8) is 0 Å². The van der Waals surface area contributed by atoms with Gasteiger partial charge in [-0.15, -0.1) is 0 Å². The molecule has 2 atom stereocenters. The Bertz CT molecular complexity index is 507. The zero-order chi connectivity index (χ0) is 13.6. The molecule has 3 nitrogen and oxygen atoms in total. The first kappa shape index (κ1) is 12.8. The Hall–Kier alpha value is -1.22. The van der Waals surface area contributed by atoms with E-state index in [9.17, 15) is 4.79 Å². The van der Waals surface area contributed by atoms with E-state index in [2.05, 4.69) is 0 Å². The molecule has 0 aromatic heterocycles. The van der Waals surface area contributed by atoms with Crippen LogP contribution in [0.4, 0.5) is 5.69 Å². The summed E-state index contributed by atoms with van der Waals surface area (Å²) < 4.78 is 0. The Morgan fingerprint density at radius 3 is 2.74 bits per heavy atom. The van der Waals surface area contributed by atoms with Crippen LogP contribution in [-0.4, -0.2) is 17.9 Å². The zero-order valence-electron chi connectivity index (χ0n) is 11.1. The van der Waals surface area contributed by atoms with Crippen LogP contribution in [0, 0.1) is 17.8 Å². The maximum atomic E-state index is 12.4. The van der Waals surface area contributed by atoms with Gasteiger partial charge in [0.15, 0.2) is 0 Å². The molecule has 0 aliphatic heterocycles. The number of fused-ring (bicyclic) bond motifs is 1. The number of halogens is 1. The van der Waals surface area contributed by atoms with Crippen LogP contribution in [0.2, 0.25) is 5.02 Å². The van der Waals surface area contributed by atoms with Crippen LogP contribution in [0.15, 0.2) is 18.2 Å². The van der Waals surface area contributed by atoms with E-state index in [1.54, 1.807) is 17.0 Å². The number of carbonyl (C=O) groups is 1. The molecule has 0 bridgehead atoms. The van der Waals surface area contributed by atoms with Crippen LogP contribution in [-0.2, 0) is 11.3 Å². The summed E-state index contributed by atoms with van der Waals surface area (Å²) in [6.45, 7) is 0.536. The minimum Gasteiger partial charge on any atom is -0.399 e. The summed E-state index contributed by atoms with van der Waals surface area (Å²) in [5.74, 6) is 2.15. The van der Waals surface area contributed by atoms with Gasteiger partial charge in [0.1, 0.15) is 0 Å². The van der Waals surface area contributed by atoms with Crippen molar-refractivity contribution in [2.45, 2.75) is 25.8 Å². The van der Waals surface area contributed by atoms with Crippen molar-refractivity contribution >= 4 is 23.2 Å². The second-order valence-corrected chi connectivity index (χ2v) is 6.38. The van der Waals surface area contributed by atoms with Gasteiger partial charge in [0, 0.05) is 30.2 Å². The van der Waals surface area contributed by atoms with E-state index in [0.717, 1.165) is 30.2 Å². The lowest BCUT2D eigenvalue weighted by Gasteiger charge is -2.22. The smallest absolute Gasteiger partial charge is 0.225 e. The Morgan fingerprint density at radius 2 is 2.05 bits per heavy atom. The maximum Gasteiger partial charge on any atom is 0.225 e. The minimum absolute atomic E-state index is 0.230. The van der Waals surface area contributed by atoms with E-state index < -0.39 is 0 Å². The van der Waals surface area contributed by atoms with Crippen LogP contribution in [0.3, 0.4) is 0 Å². The number of nitrogens with two attached hydrogens (primary N) is 1.